The average molecular weight is 306 g/mol. The molecule has 1 aromatic rings. The highest BCUT2D eigenvalue weighted by atomic mass is 16.5. The Hall–Kier alpha value is -1.55. The molecule has 1 aliphatic carbocycles. The lowest BCUT2D eigenvalue weighted by molar-refractivity contribution is -0.151. The Balaban J connectivity index is 1.96. The molecule has 4 heteroatoms. The SMILES string of the molecule is CCCOc1ccc(C2(O)CCC(C(=O)OCC)CC2)cc1. The van der Waals surface area contributed by atoms with Crippen molar-refractivity contribution in [1.29, 1.82) is 0 Å². The Morgan fingerprint density at radius 2 is 1.86 bits per heavy atom. The predicted molar refractivity (Wildman–Crippen MR) is 84.7 cm³/mol. The van der Waals surface area contributed by atoms with Crippen molar-refractivity contribution < 1.29 is 19.4 Å². The van der Waals surface area contributed by atoms with E-state index in [1.54, 1.807) is 0 Å². The molecule has 2 rings (SSSR count). The minimum atomic E-state index is -0.841. The van der Waals surface area contributed by atoms with Crippen molar-refractivity contribution >= 4 is 5.97 Å². The van der Waals surface area contributed by atoms with Crippen LogP contribution in [0.3, 0.4) is 0 Å². The van der Waals surface area contributed by atoms with Gasteiger partial charge in [-0.2, -0.15) is 0 Å². The van der Waals surface area contributed by atoms with Crippen molar-refractivity contribution in [2.45, 2.75) is 51.6 Å². The molecule has 1 aromatic carbocycles. The van der Waals surface area contributed by atoms with Gasteiger partial charge in [0.25, 0.3) is 0 Å². The van der Waals surface area contributed by atoms with E-state index in [-0.39, 0.29) is 11.9 Å². The first kappa shape index (κ1) is 16.8. The van der Waals surface area contributed by atoms with Gasteiger partial charge in [-0.05, 0) is 56.7 Å². The molecular weight excluding hydrogens is 280 g/mol. The molecule has 0 atom stereocenters. The van der Waals surface area contributed by atoms with Crippen LogP contribution in [0.4, 0.5) is 0 Å². The number of hydrogen-bond donors (Lipinski definition) is 1. The van der Waals surface area contributed by atoms with E-state index in [1.807, 2.05) is 31.2 Å². The van der Waals surface area contributed by atoms with Gasteiger partial charge in [-0.1, -0.05) is 19.1 Å². The molecule has 0 unspecified atom stereocenters. The van der Waals surface area contributed by atoms with E-state index in [9.17, 15) is 9.90 Å². The molecule has 1 N–H and O–H groups in total. The van der Waals surface area contributed by atoms with E-state index in [2.05, 4.69) is 6.92 Å². The minimum absolute atomic E-state index is 0.0765. The molecule has 0 bridgehead atoms. The van der Waals surface area contributed by atoms with Crippen molar-refractivity contribution in [2.24, 2.45) is 5.92 Å². The van der Waals surface area contributed by atoms with Crippen LogP contribution in [0.1, 0.15) is 51.5 Å². The van der Waals surface area contributed by atoms with Crippen LogP contribution in [0.2, 0.25) is 0 Å². The van der Waals surface area contributed by atoms with Crippen molar-refractivity contribution in [2.75, 3.05) is 13.2 Å². The van der Waals surface area contributed by atoms with Gasteiger partial charge in [0.1, 0.15) is 5.75 Å². The number of rotatable bonds is 6. The highest BCUT2D eigenvalue weighted by Gasteiger charge is 2.37. The Bertz CT molecular complexity index is 472. The second-order valence-electron chi connectivity index (χ2n) is 5.93. The van der Waals surface area contributed by atoms with E-state index in [4.69, 9.17) is 9.47 Å². The summed E-state index contributed by atoms with van der Waals surface area (Å²) in [4.78, 5) is 11.8. The number of aliphatic hydroxyl groups is 1. The Morgan fingerprint density at radius 1 is 1.23 bits per heavy atom. The molecular formula is C18H26O4. The Morgan fingerprint density at radius 3 is 2.41 bits per heavy atom. The highest BCUT2D eigenvalue weighted by molar-refractivity contribution is 5.72. The summed E-state index contributed by atoms with van der Waals surface area (Å²) < 4.78 is 10.6. The third-order valence-corrected chi connectivity index (χ3v) is 4.30. The summed E-state index contributed by atoms with van der Waals surface area (Å²) >= 11 is 0. The normalized spacial score (nSPS) is 24.8. The van der Waals surface area contributed by atoms with Gasteiger partial charge in [-0.15, -0.1) is 0 Å². The molecule has 0 aliphatic heterocycles. The zero-order chi connectivity index (χ0) is 16.0. The molecule has 0 heterocycles. The van der Waals surface area contributed by atoms with E-state index in [0.29, 0.717) is 38.9 Å². The van der Waals surface area contributed by atoms with E-state index in [0.717, 1.165) is 17.7 Å². The third kappa shape index (κ3) is 4.01. The van der Waals surface area contributed by atoms with Crippen LogP contribution in [-0.2, 0) is 15.1 Å². The summed E-state index contributed by atoms with van der Waals surface area (Å²) in [6, 6.07) is 7.66. The summed E-state index contributed by atoms with van der Waals surface area (Å²) in [5.41, 5.74) is 0.0605. The van der Waals surface area contributed by atoms with Crippen molar-refractivity contribution in [1.82, 2.24) is 0 Å². The van der Waals surface area contributed by atoms with Crippen LogP contribution in [0.15, 0.2) is 24.3 Å². The molecule has 4 nitrogen and oxygen atoms in total. The maximum atomic E-state index is 11.8. The molecule has 0 aromatic heterocycles. The first-order valence-corrected chi connectivity index (χ1v) is 8.21. The molecule has 1 saturated carbocycles. The van der Waals surface area contributed by atoms with Crippen molar-refractivity contribution in [3.63, 3.8) is 0 Å². The van der Waals surface area contributed by atoms with Gasteiger partial charge < -0.3 is 14.6 Å². The molecule has 0 amide bonds. The fourth-order valence-electron chi connectivity index (χ4n) is 2.96. The fourth-order valence-corrected chi connectivity index (χ4v) is 2.96. The van der Waals surface area contributed by atoms with Crippen LogP contribution in [0, 0.1) is 5.92 Å². The summed E-state index contributed by atoms with van der Waals surface area (Å²) in [5, 5.41) is 10.8. The third-order valence-electron chi connectivity index (χ3n) is 4.30. The molecule has 0 radical (unpaired) electrons. The first-order chi connectivity index (χ1) is 10.6. The van der Waals surface area contributed by atoms with Crippen LogP contribution >= 0.6 is 0 Å². The smallest absolute Gasteiger partial charge is 0.308 e. The molecule has 1 fully saturated rings. The van der Waals surface area contributed by atoms with Gasteiger partial charge in [0, 0.05) is 0 Å². The largest absolute Gasteiger partial charge is 0.494 e. The summed E-state index contributed by atoms with van der Waals surface area (Å²) in [5.74, 6) is 0.620. The zero-order valence-corrected chi connectivity index (χ0v) is 13.5. The van der Waals surface area contributed by atoms with E-state index >= 15 is 0 Å². The number of hydrogen-bond acceptors (Lipinski definition) is 4. The lowest BCUT2D eigenvalue weighted by Gasteiger charge is -2.35. The summed E-state index contributed by atoms with van der Waals surface area (Å²) in [7, 11) is 0. The van der Waals surface area contributed by atoms with E-state index < -0.39 is 5.60 Å². The van der Waals surface area contributed by atoms with Crippen LogP contribution < -0.4 is 4.74 Å². The lowest BCUT2D eigenvalue weighted by Crippen LogP contribution is -2.34. The molecule has 0 saturated heterocycles. The predicted octanol–water partition coefficient (Wildman–Crippen LogP) is 3.42. The molecule has 22 heavy (non-hydrogen) atoms. The van der Waals surface area contributed by atoms with Crippen LogP contribution in [0.25, 0.3) is 0 Å². The summed E-state index contributed by atoms with van der Waals surface area (Å²) in [6.07, 6.45) is 3.49. The highest BCUT2D eigenvalue weighted by Crippen LogP contribution is 2.40. The number of esters is 1. The number of ether oxygens (including phenoxy) is 2. The summed E-state index contributed by atoms with van der Waals surface area (Å²) in [6.45, 7) is 5.00. The first-order valence-electron chi connectivity index (χ1n) is 8.21. The van der Waals surface area contributed by atoms with Crippen molar-refractivity contribution in [3.8, 4) is 5.75 Å². The standard InChI is InChI=1S/C18H26O4/c1-3-13-22-16-7-5-15(6-8-16)18(20)11-9-14(10-12-18)17(19)21-4-2/h5-8,14,20H,3-4,9-13H2,1-2H3. The van der Waals surface area contributed by atoms with Crippen molar-refractivity contribution in [3.05, 3.63) is 29.8 Å². The second-order valence-corrected chi connectivity index (χ2v) is 5.93. The number of carbonyl (C=O) groups excluding carboxylic acids is 1. The van der Waals surface area contributed by atoms with Gasteiger partial charge in [0.15, 0.2) is 0 Å². The van der Waals surface area contributed by atoms with Gasteiger partial charge in [-0.25, -0.2) is 0 Å². The number of carbonyl (C=O) groups is 1. The average Bonchev–Trinajstić information content (AvgIpc) is 2.54. The van der Waals surface area contributed by atoms with Gasteiger partial charge >= 0.3 is 5.97 Å². The minimum Gasteiger partial charge on any atom is -0.494 e. The van der Waals surface area contributed by atoms with Crippen LogP contribution in [-0.4, -0.2) is 24.3 Å². The van der Waals surface area contributed by atoms with Gasteiger partial charge in [-0.3, -0.25) is 4.79 Å². The van der Waals surface area contributed by atoms with Gasteiger partial charge in [0.05, 0.1) is 24.7 Å². The zero-order valence-electron chi connectivity index (χ0n) is 13.5. The monoisotopic (exact) mass is 306 g/mol. The maximum Gasteiger partial charge on any atom is 0.308 e. The Labute approximate surface area is 132 Å². The number of benzene rings is 1. The quantitative estimate of drug-likeness (QED) is 0.818. The second kappa shape index (κ2) is 7.63. The van der Waals surface area contributed by atoms with Gasteiger partial charge in [0.2, 0.25) is 0 Å². The molecule has 122 valence electrons. The lowest BCUT2D eigenvalue weighted by atomic mass is 9.75. The van der Waals surface area contributed by atoms with Crippen LogP contribution in [0.5, 0.6) is 5.75 Å². The topological polar surface area (TPSA) is 55.8 Å². The maximum absolute atomic E-state index is 11.8. The molecule has 1 aliphatic rings. The molecule has 0 spiro atoms. The van der Waals surface area contributed by atoms with E-state index in [1.165, 1.54) is 0 Å². The Kier molecular flexibility index (Phi) is 5.83. The fraction of sp³-hybridized carbons (Fsp3) is 0.611.